The first kappa shape index (κ1) is 21.5. The van der Waals surface area contributed by atoms with Crippen LogP contribution in [0.2, 0.25) is 0 Å². The number of benzene rings is 2. The molecular weight excluding hydrogens is 406 g/mol. The van der Waals surface area contributed by atoms with Crippen molar-refractivity contribution in [2.24, 2.45) is 0 Å². The third-order valence-corrected chi connectivity index (χ3v) is 7.16. The monoisotopic (exact) mass is 435 g/mol. The third kappa shape index (κ3) is 4.79. The fourth-order valence-electron chi connectivity index (χ4n) is 4.13. The van der Waals surface area contributed by atoms with Crippen molar-refractivity contribution in [1.82, 2.24) is 10.1 Å². The lowest BCUT2D eigenvalue weighted by atomic mass is 10.0. The first-order valence-corrected chi connectivity index (χ1v) is 11.7. The zero-order valence-corrected chi connectivity index (χ0v) is 19.2. The molecule has 6 heteroatoms. The van der Waals surface area contributed by atoms with Crippen molar-refractivity contribution >= 4 is 23.4 Å². The molecule has 0 aliphatic carbocycles. The number of rotatable bonds is 6. The SMILES string of the molecule is Cc1noc(C)c1CSc1ccccc1C(=O)N(C)C1CCCN(c2ccccc2)C1. The van der Waals surface area contributed by atoms with Crippen LogP contribution in [0.1, 0.15) is 40.2 Å². The van der Waals surface area contributed by atoms with Gasteiger partial charge in [-0.05, 0) is 51.0 Å². The van der Waals surface area contributed by atoms with Gasteiger partial charge < -0.3 is 14.3 Å². The Labute approximate surface area is 188 Å². The van der Waals surface area contributed by atoms with E-state index in [2.05, 4.69) is 34.3 Å². The largest absolute Gasteiger partial charge is 0.369 e. The molecule has 5 nitrogen and oxygen atoms in total. The zero-order chi connectivity index (χ0) is 21.8. The smallest absolute Gasteiger partial charge is 0.255 e. The first-order valence-electron chi connectivity index (χ1n) is 10.8. The van der Waals surface area contributed by atoms with Gasteiger partial charge in [0.2, 0.25) is 0 Å². The van der Waals surface area contributed by atoms with E-state index in [4.69, 9.17) is 4.52 Å². The second kappa shape index (κ2) is 9.60. The molecule has 1 aromatic heterocycles. The fourth-order valence-corrected chi connectivity index (χ4v) is 5.32. The maximum atomic E-state index is 13.5. The number of para-hydroxylation sites is 1. The molecule has 1 amide bonds. The minimum atomic E-state index is 0.0850. The van der Waals surface area contributed by atoms with E-state index >= 15 is 0 Å². The van der Waals surface area contributed by atoms with Gasteiger partial charge in [-0.15, -0.1) is 11.8 Å². The van der Waals surface area contributed by atoms with E-state index in [1.807, 2.05) is 56.1 Å². The van der Waals surface area contributed by atoms with Crippen molar-refractivity contribution in [2.75, 3.05) is 25.0 Å². The number of amides is 1. The van der Waals surface area contributed by atoms with Gasteiger partial charge in [0.25, 0.3) is 5.91 Å². The summed E-state index contributed by atoms with van der Waals surface area (Å²) in [7, 11) is 1.94. The van der Waals surface area contributed by atoms with E-state index in [1.54, 1.807) is 11.8 Å². The minimum absolute atomic E-state index is 0.0850. The quantitative estimate of drug-likeness (QED) is 0.490. The number of anilines is 1. The molecule has 1 fully saturated rings. The van der Waals surface area contributed by atoms with Crippen LogP contribution in [0.3, 0.4) is 0 Å². The normalized spacial score (nSPS) is 16.4. The zero-order valence-electron chi connectivity index (χ0n) is 18.4. The Kier molecular flexibility index (Phi) is 6.66. The number of hydrogen-bond donors (Lipinski definition) is 0. The predicted molar refractivity (Wildman–Crippen MR) is 126 cm³/mol. The summed E-state index contributed by atoms with van der Waals surface area (Å²) in [4.78, 5) is 18.8. The first-order chi connectivity index (χ1) is 15.0. The molecule has 0 bridgehead atoms. The molecular formula is C25H29N3O2S. The lowest BCUT2D eigenvalue weighted by Gasteiger charge is -2.39. The Morgan fingerprint density at radius 3 is 2.65 bits per heavy atom. The van der Waals surface area contributed by atoms with Crippen LogP contribution in [0.25, 0.3) is 0 Å². The number of piperidine rings is 1. The van der Waals surface area contributed by atoms with E-state index < -0.39 is 0 Å². The molecule has 3 aromatic rings. The number of thioether (sulfide) groups is 1. The van der Waals surface area contributed by atoms with Gasteiger partial charge >= 0.3 is 0 Å². The maximum absolute atomic E-state index is 13.5. The third-order valence-electron chi connectivity index (χ3n) is 6.06. The molecule has 1 atom stereocenters. The van der Waals surface area contributed by atoms with Crippen LogP contribution < -0.4 is 4.90 Å². The average molecular weight is 436 g/mol. The molecule has 0 N–H and O–H groups in total. The van der Waals surface area contributed by atoms with Gasteiger partial charge in [-0.25, -0.2) is 0 Å². The van der Waals surface area contributed by atoms with Crippen molar-refractivity contribution in [3.63, 3.8) is 0 Å². The van der Waals surface area contributed by atoms with Crippen LogP contribution in [0.4, 0.5) is 5.69 Å². The minimum Gasteiger partial charge on any atom is -0.369 e. The van der Waals surface area contributed by atoms with Gasteiger partial charge in [-0.1, -0.05) is 35.5 Å². The van der Waals surface area contributed by atoms with E-state index in [0.29, 0.717) is 0 Å². The Hall–Kier alpha value is -2.73. The maximum Gasteiger partial charge on any atom is 0.255 e. The van der Waals surface area contributed by atoms with E-state index in [1.165, 1.54) is 5.69 Å². The summed E-state index contributed by atoms with van der Waals surface area (Å²) in [6.07, 6.45) is 2.11. The Balaban J connectivity index is 1.47. The summed E-state index contributed by atoms with van der Waals surface area (Å²) >= 11 is 1.66. The number of nitrogens with zero attached hydrogens (tertiary/aromatic N) is 3. The number of carbonyl (C=O) groups is 1. The number of likely N-dealkylation sites (N-methyl/N-ethyl adjacent to an activating group) is 1. The van der Waals surface area contributed by atoms with Crippen molar-refractivity contribution < 1.29 is 9.32 Å². The summed E-state index contributed by atoms with van der Waals surface area (Å²) in [6, 6.07) is 18.6. The summed E-state index contributed by atoms with van der Waals surface area (Å²) < 4.78 is 5.28. The fraction of sp³-hybridized carbons (Fsp3) is 0.360. The number of hydrogen-bond acceptors (Lipinski definition) is 5. The molecule has 0 radical (unpaired) electrons. The average Bonchev–Trinajstić information content (AvgIpc) is 3.14. The van der Waals surface area contributed by atoms with Crippen LogP contribution >= 0.6 is 11.8 Å². The highest BCUT2D eigenvalue weighted by Crippen LogP contribution is 2.30. The molecule has 0 spiro atoms. The van der Waals surface area contributed by atoms with Gasteiger partial charge in [0.1, 0.15) is 5.76 Å². The molecule has 1 saturated heterocycles. The Morgan fingerprint density at radius 1 is 1.16 bits per heavy atom. The van der Waals surface area contributed by atoms with Gasteiger partial charge in [0.05, 0.1) is 11.3 Å². The lowest BCUT2D eigenvalue weighted by molar-refractivity contribution is 0.0714. The molecule has 1 aliphatic heterocycles. The van der Waals surface area contributed by atoms with Crippen LogP contribution in [0.15, 0.2) is 64.0 Å². The van der Waals surface area contributed by atoms with E-state index in [9.17, 15) is 4.79 Å². The number of carbonyl (C=O) groups excluding carboxylic acids is 1. The van der Waals surface area contributed by atoms with Crippen LogP contribution in [-0.2, 0) is 5.75 Å². The van der Waals surface area contributed by atoms with Crippen molar-refractivity contribution in [3.8, 4) is 0 Å². The summed E-state index contributed by atoms with van der Waals surface area (Å²) in [5, 5.41) is 4.04. The van der Waals surface area contributed by atoms with E-state index in [-0.39, 0.29) is 11.9 Å². The highest BCUT2D eigenvalue weighted by molar-refractivity contribution is 7.98. The second-order valence-corrected chi connectivity index (χ2v) is 9.10. The van der Waals surface area contributed by atoms with Gasteiger partial charge in [0.15, 0.2) is 0 Å². The summed E-state index contributed by atoms with van der Waals surface area (Å²) in [5.74, 6) is 1.66. The van der Waals surface area contributed by atoms with Crippen molar-refractivity contribution in [2.45, 2.75) is 43.4 Å². The second-order valence-electron chi connectivity index (χ2n) is 8.08. The van der Waals surface area contributed by atoms with Crippen molar-refractivity contribution in [1.29, 1.82) is 0 Å². The lowest BCUT2D eigenvalue weighted by Crippen LogP contribution is -2.48. The van der Waals surface area contributed by atoms with Gasteiger partial charge in [-0.2, -0.15) is 0 Å². The Morgan fingerprint density at radius 2 is 1.90 bits per heavy atom. The predicted octanol–water partition coefficient (Wildman–Crippen LogP) is 5.32. The molecule has 162 valence electrons. The van der Waals surface area contributed by atoms with Crippen LogP contribution in [-0.4, -0.2) is 42.1 Å². The molecule has 2 aromatic carbocycles. The van der Waals surface area contributed by atoms with Gasteiger partial charge in [0, 0.05) is 48.1 Å². The topological polar surface area (TPSA) is 49.6 Å². The summed E-state index contributed by atoms with van der Waals surface area (Å²) in [5.41, 5.74) is 4.00. The molecule has 0 saturated carbocycles. The van der Waals surface area contributed by atoms with E-state index in [0.717, 1.165) is 59.2 Å². The number of aromatic nitrogens is 1. The highest BCUT2D eigenvalue weighted by atomic mass is 32.2. The molecule has 31 heavy (non-hydrogen) atoms. The van der Waals surface area contributed by atoms with Crippen molar-refractivity contribution in [3.05, 3.63) is 77.2 Å². The molecule has 4 rings (SSSR count). The standard InChI is InChI=1S/C25H29N3O2S/c1-18-23(19(2)30-26-18)17-31-24-14-8-7-13-22(24)25(29)27(3)21-12-9-15-28(16-21)20-10-5-4-6-11-20/h4-8,10-11,13-14,21H,9,12,15-17H2,1-3H3. The van der Waals surface area contributed by atoms with Gasteiger partial charge in [-0.3, -0.25) is 4.79 Å². The molecule has 1 unspecified atom stereocenters. The Bertz CT molecular complexity index is 1010. The van der Waals surface area contributed by atoms with Crippen LogP contribution in [0.5, 0.6) is 0 Å². The summed E-state index contributed by atoms with van der Waals surface area (Å²) in [6.45, 7) is 5.79. The highest BCUT2D eigenvalue weighted by Gasteiger charge is 2.28. The molecule has 1 aliphatic rings. The molecule has 2 heterocycles. The van der Waals surface area contributed by atoms with Crippen LogP contribution in [0, 0.1) is 13.8 Å². The number of aryl methyl sites for hydroxylation is 2.